The topological polar surface area (TPSA) is 74.1 Å². The quantitative estimate of drug-likeness (QED) is 0.480. The molecule has 3 heterocycles. The number of halogens is 3. The van der Waals surface area contributed by atoms with E-state index in [1.807, 2.05) is 6.07 Å². The van der Waals surface area contributed by atoms with E-state index in [1.165, 1.54) is 18.0 Å². The van der Waals surface area contributed by atoms with Gasteiger partial charge in [-0.05, 0) is 23.8 Å². The van der Waals surface area contributed by atoms with E-state index < -0.39 is 11.1 Å². The Balaban J connectivity index is 1.72. The molecule has 0 aliphatic carbocycles. The largest absolute Gasteiger partial charge is 0.493 e. The number of alkyl halides is 3. The average Bonchev–Trinajstić information content (AvgIpc) is 3.41. The van der Waals surface area contributed by atoms with Gasteiger partial charge in [0.25, 0.3) is 0 Å². The average molecular weight is 435 g/mol. The van der Waals surface area contributed by atoms with Gasteiger partial charge in [0.2, 0.25) is 5.95 Å². The maximum absolute atomic E-state index is 13.2. The molecule has 0 unspecified atom stereocenters. The van der Waals surface area contributed by atoms with Crippen LogP contribution in [0.4, 0.5) is 19.0 Å². The van der Waals surface area contributed by atoms with E-state index in [1.54, 1.807) is 31.6 Å². The molecule has 7 nitrogen and oxygen atoms in total. The van der Waals surface area contributed by atoms with E-state index >= 15 is 0 Å². The van der Waals surface area contributed by atoms with Crippen LogP contribution in [0.3, 0.4) is 0 Å². The molecule has 0 atom stereocenters. The Kier molecular flexibility index (Phi) is 5.20. The molecule has 1 aromatic carbocycles. The molecule has 0 amide bonds. The van der Waals surface area contributed by atoms with Crippen molar-refractivity contribution in [1.82, 2.24) is 19.5 Å². The SMILES string of the molecule is COc1ccc(CNc2nc(-n3ccnc3)nc3sc(C(F)(F)F)cc23)cc1OC. The first-order valence-corrected chi connectivity index (χ1v) is 9.52. The fourth-order valence-corrected chi connectivity index (χ4v) is 3.75. The molecule has 1 N–H and O–H groups in total. The molecule has 11 heteroatoms. The Morgan fingerprint density at radius 3 is 2.57 bits per heavy atom. The predicted molar refractivity (Wildman–Crippen MR) is 106 cm³/mol. The van der Waals surface area contributed by atoms with Crippen molar-refractivity contribution in [1.29, 1.82) is 0 Å². The normalized spacial score (nSPS) is 11.6. The summed E-state index contributed by atoms with van der Waals surface area (Å²) in [6.45, 7) is 0.313. The minimum atomic E-state index is -4.46. The monoisotopic (exact) mass is 435 g/mol. The van der Waals surface area contributed by atoms with Gasteiger partial charge in [0.15, 0.2) is 11.5 Å². The van der Waals surface area contributed by atoms with Crippen LogP contribution in [0.2, 0.25) is 0 Å². The number of hydrogen-bond acceptors (Lipinski definition) is 7. The van der Waals surface area contributed by atoms with E-state index in [0.29, 0.717) is 40.6 Å². The smallest absolute Gasteiger partial charge is 0.425 e. The van der Waals surface area contributed by atoms with Crippen LogP contribution < -0.4 is 14.8 Å². The second-order valence-corrected chi connectivity index (χ2v) is 7.24. The summed E-state index contributed by atoms with van der Waals surface area (Å²) in [7, 11) is 3.07. The van der Waals surface area contributed by atoms with Crippen molar-refractivity contribution in [3.63, 3.8) is 0 Å². The Bertz CT molecular complexity index is 1180. The molecule has 0 bridgehead atoms. The minimum Gasteiger partial charge on any atom is -0.493 e. The van der Waals surface area contributed by atoms with Gasteiger partial charge in [0.1, 0.15) is 21.9 Å². The number of benzene rings is 1. The number of aromatic nitrogens is 4. The van der Waals surface area contributed by atoms with Crippen LogP contribution in [-0.4, -0.2) is 33.7 Å². The molecule has 0 spiro atoms. The van der Waals surface area contributed by atoms with E-state index in [9.17, 15) is 13.2 Å². The first kappa shape index (κ1) is 20.0. The maximum atomic E-state index is 13.2. The number of nitrogens with zero attached hydrogens (tertiary/aromatic N) is 4. The molecule has 3 aromatic heterocycles. The van der Waals surface area contributed by atoms with E-state index in [2.05, 4.69) is 20.3 Å². The molecule has 0 aliphatic rings. The molecule has 0 saturated heterocycles. The van der Waals surface area contributed by atoms with Crippen LogP contribution in [0, 0.1) is 0 Å². The van der Waals surface area contributed by atoms with Gasteiger partial charge in [-0.3, -0.25) is 4.57 Å². The van der Waals surface area contributed by atoms with E-state index in [4.69, 9.17) is 9.47 Å². The van der Waals surface area contributed by atoms with Crippen LogP contribution in [0.15, 0.2) is 43.0 Å². The van der Waals surface area contributed by atoms with Gasteiger partial charge in [0.05, 0.1) is 19.6 Å². The summed E-state index contributed by atoms with van der Waals surface area (Å²) in [5.74, 6) is 1.66. The molecule has 0 aliphatic heterocycles. The van der Waals surface area contributed by atoms with E-state index in [0.717, 1.165) is 11.6 Å². The lowest BCUT2D eigenvalue weighted by Gasteiger charge is -2.12. The van der Waals surface area contributed by atoms with Crippen molar-refractivity contribution in [2.45, 2.75) is 12.7 Å². The molecule has 4 aromatic rings. The first-order valence-electron chi connectivity index (χ1n) is 8.71. The number of imidazole rings is 1. The highest BCUT2D eigenvalue weighted by molar-refractivity contribution is 7.18. The first-order chi connectivity index (χ1) is 14.4. The van der Waals surface area contributed by atoms with Crippen molar-refractivity contribution >= 4 is 27.4 Å². The third-order valence-electron chi connectivity index (χ3n) is 4.30. The molecule has 156 valence electrons. The van der Waals surface area contributed by atoms with Gasteiger partial charge in [-0.15, -0.1) is 11.3 Å². The fourth-order valence-electron chi connectivity index (χ4n) is 2.85. The Labute approximate surface area is 173 Å². The molecule has 0 saturated carbocycles. The van der Waals surface area contributed by atoms with Crippen molar-refractivity contribution in [2.24, 2.45) is 0 Å². The Hall–Kier alpha value is -3.34. The molecule has 0 fully saturated rings. The number of ether oxygens (including phenoxy) is 2. The molecule has 0 radical (unpaired) electrons. The fraction of sp³-hybridized carbons (Fsp3) is 0.211. The van der Waals surface area contributed by atoms with Crippen molar-refractivity contribution in [3.05, 3.63) is 53.4 Å². The zero-order valence-corrected chi connectivity index (χ0v) is 16.7. The van der Waals surface area contributed by atoms with Crippen LogP contribution in [0.5, 0.6) is 11.5 Å². The summed E-state index contributed by atoms with van der Waals surface area (Å²) in [4.78, 5) is 12.1. The lowest BCUT2D eigenvalue weighted by molar-refractivity contribution is -0.134. The number of rotatable bonds is 6. The Morgan fingerprint density at radius 2 is 1.90 bits per heavy atom. The second kappa shape index (κ2) is 7.82. The molecular weight excluding hydrogens is 419 g/mol. The minimum absolute atomic E-state index is 0.227. The number of anilines is 1. The van der Waals surface area contributed by atoms with Crippen molar-refractivity contribution in [2.75, 3.05) is 19.5 Å². The predicted octanol–water partition coefficient (Wildman–Crippen LogP) is 4.53. The van der Waals surface area contributed by atoms with Gasteiger partial charge < -0.3 is 14.8 Å². The highest BCUT2D eigenvalue weighted by atomic mass is 32.1. The lowest BCUT2D eigenvalue weighted by atomic mass is 10.2. The Morgan fingerprint density at radius 1 is 1.10 bits per heavy atom. The lowest BCUT2D eigenvalue weighted by Crippen LogP contribution is -2.06. The summed E-state index contributed by atoms with van der Waals surface area (Å²) in [6.07, 6.45) is 0.191. The van der Waals surface area contributed by atoms with Gasteiger partial charge >= 0.3 is 6.18 Å². The summed E-state index contributed by atoms with van der Waals surface area (Å²) < 4.78 is 51.8. The number of hydrogen-bond donors (Lipinski definition) is 1. The van der Waals surface area contributed by atoms with E-state index in [-0.39, 0.29) is 10.8 Å². The van der Waals surface area contributed by atoms with Gasteiger partial charge in [-0.1, -0.05) is 6.07 Å². The summed E-state index contributed by atoms with van der Waals surface area (Å²) in [5, 5.41) is 3.42. The highest BCUT2D eigenvalue weighted by Gasteiger charge is 2.33. The number of thiophene rings is 1. The number of nitrogens with one attached hydrogen (secondary N) is 1. The van der Waals surface area contributed by atoms with Crippen LogP contribution >= 0.6 is 11.3 Å². The summed E-state index contributed by atoms with van der Waals surface area (Å²) in [6, 6.07) is 6.44. The third kappa shape index (κ3) is 3.88. The summed E-state index contributed by atoms with van der Waals surface area (Å²) in [5.41, 5.74) is 0.842. The molecule has 4 rings (SSSR count). The highest BCUT2D eigenvalue weighted by Crippen LogP contribution is 2.39. The van der Waals surface area contributed by atoms with Crippen molar-refractivity contribution < 1.29 is 22.6 Å². The molecular formula is C19H16F3N5O2S. The number of fused-ring (bicyclic) bond motifs is 1. The van der Waals surface area contributed by atoms with Crippen LogP contribution in [0.1, 0.15) is 10.4 Å². The maximum Gasteiger partial charge on any atom is 0.425 e. The zero-order chi connectivity index (χ0) is 21.3. The van der Waals surface area contributed by atoms with Crippen LogP contribution in [0.25, 0.3) is 16.2 Å². The number of methoxy groups -OCH3 is 2. The van der Waals surface area contributed by atoms with Crippen molar-refractivity contribution in [3.8, 4) is 17.4 Å². The standard InChI is InChI=1S/C19H16F3N5O2S/c1-28-13-4-3-11(7-14(13)29-2)9-24-16-12-8-15(19(20,21)22)30-17(12)26-18(25-16)27-6-5-23-10-27/h3-8,10H,9H2,1-2H3,(H,24,25,26). The van der Waals surface area contributed by atoms with Crippen LogP contribution in [-0.2, 0) is 12.7 Å². The zero-order valence-electron chi connectivity index (χ0n) is 15.9. The third-order valence-corrected chi connectivity index (χ3v) is 5.38. The van der Waals surface area contributed by atoms with Gasteiger partial charge in [-0.2, -0.15) is 18.2 Å². The second-order valence-electron chi connectivity index (χ2n) is 6.21. The van der Waals surface area contributed by atoms with Gasteiger partial charge in [0, 0.05) is 18.9 Å². The summed E-state index contributed by atoms with van der Waals surface area (Å²) >= 11 is 0.576. The van der Waals surface area contributed by atoms with Gasteiger partial charge in [-0.25, -0.2) is 9.97 Å². The molecule has 30 heavy (non-hydrogen) atoms.